The molecular weight excluding hydrogens is 468 g/mol. The van der Waals surface area contributed by atoms with Crippen LogP contribution >= 0.6 is 0 Å². The molecule has 0 aliphatic carbocycles. The maximum absolute atomic E-state index is 13.6. The smallest absolute Gasteiger partial charge is 0.264 e. The van der Waals surface area contributed by atoms with E-state index < -0.39 is 0 Å². The Bertz CT molecular complexity index is 1170. The SMILES string of the molecule is CC(CNC(=O)C1CCNCC1)C(C)C(=O)N(CCCC(=O)c1nc2ccccc2o1)c1ccccc1. The highest BCUT2D eigenvalue weighted by molar-refractivity contribution is 5.96. The molecule has 0 radical (unpaired) electrons. The van der Waals surface area contributed by atoms with Gasteiger partial charge < -0.3 is 20.0 Å². The van der Waals surface area contributed by atoms with Crippen molar-refractivity contribution >= 4 is 34.4 Å². The van der Waals surface area contributed by atoms with Gasteiger partial charge in [0, 0.05) is 37.0 Å². The van der Waals surface area contributed by atoms with Crippen LogP contribution in [-0.2, 0) is 9.59 Å². The summed E-state index contributed by atoms with van der Waals surface area (Å²) < 4.78 is 5.60. The number of fused-ring (bicyclic) bond motifs is 1. The summed E-state index contributed by atoms with van der Waals surface area (Å²) in [4.78, 5) is 44.9. The number of oxazole rings is 1. The summed E-state index contributed by atoms with van der Waals surface area (Å²) in [7, 11) is 0. The van der Waals surface area contributed by atoms with Gasteiger partial charge in [-0.25, -0.2) is 4.98 Å². The first-order valence-electron chi connectivity index (χ1n) is 13.2. The maximum Gasteiger partial charge on any atom is 0.264 e. The fourth-order valence-corrected chi connectivity index (χ4v) is 4.63. The number of nitrogens with one attached hydrogen (secondary N) is 2. The Morgan fingerprint density at radius 3 is 2.49 bits per heavy atom. The number of piperidine rings is 1. The van der Waals surface area contributed by atoms with Crippen molar-refractivity contribution in [2.24, 2.45) is 17.8 Å². The normalized spacial score (nSPS) is 15.7. The van der Waals surface area contributed by atoms with Crippen LogP contribution in [0.5, 0.6) is 0 Å². The van der Waals surface area contributed by atoms with E-state index in [0.29, 0.717) is 30.6 Å². The number of hydrogen-bond acceptors (Lipinski definition) is 6. The Labute approximate surface area is 217 Å². The number of benzene rings is 2. The van der Waals surface area contributed by atoms with E-state index in [1.807, 2.05) is 62.4 Å². The van der Waals surface area contributed by atoms with Gasteiger partial charge in [-0.2, -0.15) is 0 Å². The Kier molecular flexibility index (Phi) is 9.06. The topological polar surface area (TPSA) is 105 Å². The number of carbonyl (C=O) groups excluding carboxylic acids is 3. The lowest BCUT2D eigenvalue weighted by atomic mass is 9.93. The molecule has 1 aliphatic rings. The predicted molar refractivity (Wildman–Crippen MR) is 143 cm³/mol. The van der Waals surface area contributed by atoms with Gasteiger partial charge in [-0.1, -0.05) is 44.2 Å². The minimum absolute atomic E-state index is 0.0240. The number of rotatable bonds is 11. The van der Waals surface area contributed by atoms with Gasteiger partial charge in [0.15, 0.2) is 5.58 Å². The minimum atomic E-state index is -0.304. The lowest BCUT2D eigenvalue weighted by Crippen LogP contribution is -2.43. The Morgan fingerprint density at radius 1 is 1.05 bits per heavy atom. The van der Waals surface area contributed by atoms with Crippen LogP contribution < -0.4 is 15.5 Å². The molecule has 0 spiro atoms. The van der Waals surface area contributed by atoms with Crippen LogP contribution in [0.15, 0.2) is 59.0 Å². The first-order valence-corrected chi connectivity index (χ1v) is 13.2. The first kappa shape index (κ1) is 26.5. The molecule has 1 fully saturated rings. The number of Topliss-reactive ketones (excluding diaryl/α,β-unsaturated/α-hetero) is 1. The van der Waals surface area contributed by atoms with E-state index in [4.69, 9.17) is 4.42 Å². The summed E-state index contributed by atoms with van der Waals surface area (Å²) in [6, 6.07) is 16.8. The van der Waals surface area contributed by atoms with Crippen molar-refractivity contribution in [2.75, 3.05) is 31.1 Å². The molecule has 8 heteroatoms. The molecule has 2 aromatic carbocycles. The van der Waals surface area contributed by atoms with Gasteiger partial charge in [0.1, 0.15) is 5.52 Å². The average Bonchev–Trinajstić information content (AvgIpc) is 3.38. The van der Waals surface area contributed by atoms with Gasteiger partial charge >= 0.3 is 0 Å². The predicted octanol–water partition coefficient (Wildman–Crippen LogP) is 4.21. The summed E-state index contributed by atoms with van der Waals surface area (Å²) >= 11 is 0. The molecule has 2 amide bonds. The van der Waals surface area contributed by atoms with Gasteiger partial charge in [-0.15, -0.1) is 0 Å². The van der Waals surface area contributed by atoms with Crippen molar-refractivity contribution in [3.8, 4) is 0 Å². The monoisotopic (exact) mass is 504 g/mol. The number of ketones is 1. The second-order valence-corrected chi connectivity index (χ2v) is 9.87. The van der Waals surface area contributed by atoms with E-state index in [0.717, 1.165) is 31.6 Å². The fourth-order valence-electron chi connectivity index (χ4n) is 4.63. The second kappa shape index (κ2) is 12.6. The molecule has 1 aliphatic heterocycles. The van der Waals surface area contributed by atoms with Crippen molar-refractivity contribution in [3.05, 3.63) is 60.5 Å². The number of hydrogen-bond donors (Lipinski definition) is 2. The largest absolute Gasteiger partial charge is 0.434 e. The van der Waals surface area contributed by atoms with Crippen LogP contribution in [-0.4, -0.2) is 48.8 Å². The van der Waals surface area contributed by atoms with E-state index in [9.17, 15) is 14.4 Å². The van der Waals surface area contributed by atoms with Crippen molar-refractivity contribution in [2.45, 2.75) is 39.5 Å². The van der Waals surface area contributed by atoms with E-state index in [2.05, 4.69) is 15.6 Å². The van der Waals surface area contributed by atoms with E-state index in [1.54, 1.807) is 11.0 Å². The molecule has 1 saturated heterocycles. The van der Waals surface area contributed by atoms with Crippen molar-refractivity contribution in [3.63, 3.8) is 0 Å². The summed E-state index contributed by atoms with van der Waals surface area (Å²) in [6.07, 6.45) is 2.39. The number of carbonyl (C=O) groups is 3. The molecule has 196 valence electrons. The van der Waals surface area contributed by atoms with Crippen LogP contribution in [0.1, 0.15) is 50.2 Å². The molecule has 4 rings (SSSR count). The van der Waals surface area contributed by atoms with Gasteiger partial charge in [0.25, 0.3) is 5.89 Å². The lowest BCUT2D eigenvalue weighted by Gasteiger charge is -2.29. The second-order valence-electron chi connectivity index (χ2n) is 9.87. The molecule has 1 aromatic heterocycles. The third-order valence-electron chi connectivity index (χ3n) is 7.20. The quantitative estimate of drug-likeness (QED) is 0.379. The Balaban J connectivity index is 1.35. The average molecular weight is 505 g/mol. The Morgan fingerprint density at radius 2 is 1.76 bits per heavy atom. The molecule has 3 aromatic rings. The fraction of sp³-hybridized carbons (Fsp3) is 0.448. The van der Waals surface area contributed by atoms with Crippen LogP contribution in [0.2, 0.25) is 0 Å². The molecule has 2 atom stereocenters. The number of amides is 2. The molecule has 2 heterocycles. The number of nitrogens with zero attached hydrogens (tertiary/aromatic N) is 2. The number of aromatic nitrogens is 1. The summed E-state index contributed by atoms with van der Waals surface area (Å²) in [6.45, 7) is 6.48. The van der Waals surface area contributed by atoms with Crippen molar-refractivity contribution in [1.82, 2.24) is 15.6 Å². The van der Waals surface area contributed by atoms with E-state index >= 15 is 0 Å². The van der Waals surface area contributed by atoms with Crippen molar-refractivity contribution in [1.29, 1.82) is 0 Å². The standard InChI is InChI=1S/C29H36N4O4/c1-20(19-31-27(35)22-14-16-30-17-15-22)21(2)29(36)33(23-9-4-3-5-10-23)18-8-12-25(34)28-32-24-11-6-7-13-26(24)37-28/h3-7,9-11,13,20-22,30H,8,12,14-19H2,1-2H3,(H,31,35). The molecular formula is C29H36N4O4. The molecule has 2 N–H and O–H groups in total. The molecule has 37 heavy (non-hydrogen) atoms. The number of anilines is 1. The zero-order chi connectivity index (χ0) is 26.2. The van der Waals surface area contributed by atoms with E-state index in [1.165, 1.54) is 0 Å². The third-order valence-corrected chi connectivity index (χ3v) is 7.20. The highest BCUT2D eigenvalue weighted by Gasteiger charge is 2.28. The highest BCUT2D eigenvalue weighted by Crippen LogP contribution is 2.22. The van der Waals surface area contributed by atoms with Gasteiger partial charge in [-0.05, 0) is 62.5 Å². The summed E-state index contributed by atoms with van der Waals surface area (Å²) in [5, 5.41) is 6.33. The molecule has 0 bridgehead atoms. The molecule has 8 nitrogen and oxygen atoms in total. The van der Waals surface area contributed by atoms with Crippen LogP contribution in [0.3, 0.4) is 0 Å². The first-order chi connectivity index (χ1) is 17.9. The van der Waals surface area contributed by atoms with Gasteiger partial charge in [0.2, 0.25) is 17.6 Å². The minimum Gasteiger partial charge on any atom is -0.434 e. The highest BCUT2D eigenvalue weighted by atomic mass is 16.4. The van der Waals surface area contributed by atoms with Crippen molar-refractivity contribution < 1.29 is 18.8 Å². The zero-order valence-electron chi connectivity index (χ0n) is 21.6. The van der Waals surface area contributed by atoms with Gasteiger partial charge in [-0.3, -0.25) is 14.4 Å². The number of para-hydroxylation sites is 3. The summed E-state index contributed by atoms with van der Waals surface area (Å²) in [5.41, 5.74) is 2.03. The van der Waals surface area contributed by atoms with E-state index in [-0.39, 0.29) is 47.7 Å². The summed E-state index contributed by atoms with van der Waals surface area (Å²) in [5.74, 6) is -0.329. The van der Waals surface area contributed by atoms with Crippen LogP contribution in [0.4, 0.5) is 5.69 Å². The molecule has 2 unspecified atom stereocenters. The maximum atomic E-state index is 13.6. The van der Waals surface area contributed by atoms with Gasteiger partial charge in [0.05, 0.1) is 0 Å². The Hall–Kier alpha value is -3.52. The third kappa shape index (κ3) is 6.83. The zero-order valence-corrected chi connectivity index (χ0v) is 21.6. The lowest BCUT2D eigenvalue weighted by molar-refractivity contribution is -0.127. The van der Waals surface area contributed by atoms with Crippen LogP contribution in [0, 0.1) is 17.8 Å². The van der Waals surface area contributed by atoms with Crippen LogP contribution in [0.25, 0.3) is 11.1 Å². The molecule has 0 saturated carbocycles.